The molecule has 5 heteroatoms. The van der Waals surface area contributed by atoms with Gasteiger partial charge < -0.3 is 14.6 Å². The number of aliphatic hydroxyl groups is 1. The average molecular weight is 339 g/mol. The first kappa shape index (κ1) is 14.8. The fraction of sp³-hybridized carbons (Fsp3) is 0.267. The van der Waals surface area contributed by atoms with Crippen molar-refractivity contribution in [2.45, 2.75) is 13.0 Å². The summed E-state index contributed by atoms with van der Waals surface area (Å²) in [6.45, 7) is 1.94. The molecule has 0 heterocycles. The van der Waals surface area contributed by atoms with E-state index in [-0.39, 0.29) is 6.61 Å². The molecule has 2 aromatic carbocycles. The molecule has 0 aliphatic heterocycles. The van der Waals surface area contributed by atoms with Crippen LogP contribution in [0.4, 0.5) is 0 Å². The van der Waals surface area contributed by atoms with Crippen molar-refractivity contribution in [2.24, 2.45) is 0 Å². The molecule has 0 saturated heterocycles. The molecule has 106 valence electrons. The maximum Gasteiger partial charge on any atom is 0.339 e. The number of fused-ring (bicyclic) bond motifs is 1. The Bertz CT molecular complexity index is 639. The molecular formula is C15H15BrO4. The van der Waals surface area contributed by atoms with Crippen molar-refractivity contribution in [3.63, 3.8) is 0 Å². The second kappa shape index (κ2) is 6.24. The highest BCUT2D eigenvalue weighted by Gasteiger charge is 2.22. The first-order chi connectivity index (χ1) is 9.58. The van der Waals surface area contributed by atoms with E-state index in [1.54, 1.807) is 20.1 Å². The first-order valence-electron chi connectivity index (χ1n) is 6.19. The van der Waals surface area contributed by atoms with E-state index in [2.05, 4.69) is 15.9 Å². The van der Waals surface area contributed by atoms with E-state index in [9.17, 15) is 9.90 Å². The van der Waals surface area contributed by atoms with Gasteiger partial charge in [-0.1, -0.05) is 12.1 Å². The van der Waals surface area contributed by atoms with Gasteiger partial charge in [-0.2, -0.15) is 0 Å². The standard InChI is InChI=1S/C15H15BrO4/c1-3-20-15(18)14(17)12-6-4-9-8-10(19-2)5-7-11(9)13(12)16/h4-8,14,17H,3H2,1-2H3. The van der Waals surface area contributed by atoms with Crippen molar-refractivity contribution < 1.29 is 19.4 Å². The monoisotopic (exact) mass is 338 g/mol. The van der Waals surface area contributed by atoms with Crippen LogP contribution in [-0.4, -0.2) is 24.8 Å². The number of halogens is 1. The van der Waals surface area contributed by atoms with Crippen molar-refractivity contribution in [1.82, 2.24) is 0 Å². The van der Waals surface area contributed by atoms with E-state index < -0.39 is 12.1 Å². The van der Waals surface area contributed by atoms with Gasteiger partial charge in [-0.15, -0.1) is 0 Å². The number of ether oxygens (including phenoxy) is 2. The summed E-state index contributed by atoms with van der Waals surface area (Å²) >= 11 is 3.44. The van der Waals surface area contributed by atoms with Crippen molar-refractivity contribution in [1.29, 1.82) is 0 Å². The second-order valence-corrected chi connectivity index (χ2v) is 5.00. The number of benzene rings is 2. The summed E-state index contributed by atoms with van der Waals surface area (Å²) in [5.74, 6) is 0.101. The molecule has 0 radical (unpaired) electrons. The van der Waals surface area contributed by atoms with E-state index in [1.807, 2.05) is 24.3 Å². The fourth-order valence-electron chi connectivity index (χ4n) is 1.97. The van der Waals surface area contributed by atoms with E-state index in [0.717, 1.165) is 16.5 Å². The molecule has 2 aromatic rings. The van der Waals surface area contributed by atoms with Crippen molar-refractivity contribution >= 4 is 32.7 Å². The summed E-state index contributed by atoms with van der Waals surface area (Å²) < 4.78 is 10.7. The molecule has 1 atom stereocenters. The summed E-state index contributed by atoms with van der Waals surface area (Å²) in [4.78, 5) is 11.6. The van der Waals surface area contributed by atoms with Crippen molar-refractivity contribution in [3.8, 4) is 5.75 Å². The molecule has 0 fully saturated rings. The van der Waals surface area contributed by atoms with E-state index in [0.29, 0.717) is 10.0 Å². The molecule has 0 saturated carbocycles. The summed E-state index contributed by atoms with van der Waals surface area (Å²) in [7, 11) is 1.61. The zero-order chi connectivity index (χ0) is 14.7. The highest BCUT2D eigenvalue weighted by atomic mass is 79.9. The molecule has 20 heavy (non-hydrogen) atoms. The van der Waals surface area contributed by atoms with Crippen LogP contribution in [0.25, 0.3) is 10.8 Å². The number of methoxy groups -OCH3 is 1. The smallest absolute Gasteiger partial charge is 0.339 e. The minimum atomic E-state index is -1.30. The number of hydrogen-bond acceptors (Lipinski definition) is 4. The number of rotatable bonds is 4. The zero-order valence-electron chi connectivity index (χ0n) is 11.2. The predicted octanol–water partition coefficient (Wildman–Crippen LogP) is 3.21. The van der Waals surface area contributed by atoms with Gasteiger partial charge in [0, 0.05) is 10.0 Å². The van der Waals surface area contributed by atoms with E-state index in [4.69, 9.17) is 9.47 Å². The van der Waals surface area contributed by atoms with Crippen molar-refractivity contribution in [3.05, 3.63) is 40.4 Å². The third-order valence-electron chi connectivity index (χ3n) is 3.00. The Morgan fingerprint density at radius 1 is 1.35 bits per heavy atom. The summed E-state index contributed by atoms with van der Waals surface area (Å²) in [5, 5.41) is 11.9. The molecule has 0 aliphatic rings. The predicted molar refractivity (Wildman–Crippen MR) is 79.8 cm³/mol. The van der Waals surface area contributed by atoms with Crippen LogP contribution in [0.1, 0.15) is 18.6 Å². The summed E-state index contributed by atoms with van der Waals surface area (Å²) in [5.41, 5.74) is 0.487. The molecule has 1 N–H and O–H groups in total. The van der Waals surface area contributed by atoms with Gasteiger partial charge >= 0.3 is 5.97 Å². The number of carbonyl (C=O) groups excluding carboxylic acids is 1. The van der Waals surface area contributed by atoms with Crippen LogP contribution < -0.4 is 4.74 Å². The third kappa shape index (κ3) is 2.78. The van der Waals surface area contributed by atoms with E-state index >= 15 is 0 Å². The molecule has 2 rings (SSSR count). The Morgan fingerprint density at radius 3 is 2.75 bits per heavy atom. The SMILES string of the molecule is CCOC(=O)C(O)c1ccc2cc(OC)ccc2c1Br. The van der Waals surface area contributed by atoms with Gasteiger partial charge in [-0.05, 0) is 51.8 Å². The van der Waals surface area contributed by atoms with Crippen LogP contribution in [-0.2, 0) is 9.53 Å². The van der Waals surface area contributed by atoms with Crippen LogP contribution in [0, 0.1) is 0 Å². The normalized spacial score (nSPS) is 12.2. The molecular weight excluding hydrogens is 324 g/mol. The lowest BCUT2D eigenvalue weighted by Crippen LogP contribution is -2.15. The number of esters is 1. The molecule has 0 aliphatic carbocycles. The van der Waals surface area contributed by atoms with Crippen LogP contribution >= 0.6 is 15.9 Å². The zero-order valence-corrected chi connectivity index (χ0v) is 12.8. The Balaban J connectivity index is 2.46. The summed E-state index contributed by atoms with van der Waals surface area (Å²) in [6.07, 6.45) is -1.30. The minimum absolute atomic E-state index is 0.234. The van der Waals surface area contributed by atoms with Gasteiger partial charge in [-0.25, -0.2) is 4.79 Å². The lowest BCUT2D eigenvalue weighted by Gasteiger charge is -2.14. The van der Waals surface area contributed by atoms with Gasteiger partial charge in [0.05, 0.1) is 13.7 Å². The van der Waals surface area contributed by atoms with Crippen LogP contribution in [0.2, 0.25) is 0 Å². The highest BCUT2D eigenvalue weighted by Crippen LogP contribution is 2.33. The molecule has 0 bridgehead atoms. The van der Waals surface area contributed by atoms with Gasteiger partial charge in [0.2, 0.25) is 0 Å². The Morgan fingerprint density at radius 2 is 2.10 bits per heavy atom. The van der Waals surface area contributed by atoms with Gasteiger partial charge in [-0.3, -0.25) is 0 Å². The molecule has 0 spiro atoms. The summed E-state index contributed by atoms with van der Waals surface area (Å²) in [6, 6.07) is 9.13. The highest BCUT2D eigenvalue weighted by molar-refractivity contribution is 9.10. The first-order valence-corrected chi connectivity index (χ1v) is 6.98. The lowest BCUT2D eigenvalue weighted by molar-refractivity contribution is -0.153. The van der Waals surface area contributed by atoms with Crippen molar-refractivity contribution in [2.75, 3.05) is 13.7 Å². The lowest BCUT2D eigenvalue weighted by atomic mass is 10.0. The molecule has 1 unspecified atom stereocenters. The van der Waals surface area contributed by atoms with Gasteiger partial charge in [0.1, 0.15) is 5.75 Å². The molecule has 4 nitrogen and oxygen atoms in total. The quantitative estimate of drug-likeness (QED) is 0.869. The molecule has 0 amide bonds. The fourth-order valence-corrected chi connectivity index (χ4v) is 2.68. The third-order valence-corrected chi connectivity index (χ3v) is 3.88. The Hall–Kier alpha value is -1.59. The second-order valence-electron chi connectivity index (χ2n) is 4.21. The van der Waals surface area contributed by atoms with Crippen LogP contribution in [0.15, 0.2) is 34.8 Å². The average Bonchev–Trinajstić information content (AvgIpc) is 2.46. The Kier molecular flexibility index (Phi) is 4.62. The van der Waals surface area contributed by atoms with Gasteiger partial charge in [0.25, 0.3) is 0 Å². The maximum absolute atomic E-state index is 11.6. The number of aliphatic hydroxyl groups excluding tert-OH is 1. The van der Waals surface area contributed by atoms with E-state index in [1.165, 1.54) is 0 Å². The molecule has 0 aromatic heterocycles. The Labute approximate surface area is 125 Å². The topological polar surface area (TPSA) is 55.8 Å². The number of carbonyl (C=O) groups is 1. The number of hydrogen-bond donors (Lipinski definition) is 1. The van der Waals surface area contributed by atoms with Gasteiger partial charge in [0.15, 0.2) is 6.10 Å². The maximum atomic E-state index is 11.6. The largest absolute Gasteiger partial charge is 0.497 e. The van der Waals surface area contributed by atoms with Crippen LogP contribution in [0.3, 0.4) is 0 Å². The minimum Gasteiger partial charge on any atom is -0.497 e. The van der Waals surface area contributed by atoms with Crippen LogP contribution in [0.5, 0.6) is 5.75 Å².